The highest BCUT2D eigenvalue weighted by molar-refractivity contribution is 9.26. The van der Waals surface area contributed by atoms with Crippen molar-refractivity contribution in [2.75, 3.05) is 53.9 Å². The maximum atomic E-state index is 11.5. The van der Waals surface area contributed by atoms with Gasteiger partial charge in [0.05, 0.1) is 0 Å². The van der Waals surface area contributed by atoms with Gasteiger partial charge in [-0.25, -0.2) is 23.8 Å². The number of aliphatic hydroxyl groups excluding tert-OH is 1. The molecule has 842 valence electrons. The number of phosphoric ester groups is 2. The molecular formula is C104H189BrO36P2Si. The van der Waals surface area contributed by atoms with E-state index in [9.17, 15) is 9.13 Å². The molecule has 0 aromatic heterocycles. The third-order valence-electron chi connectivity index (χ3n) is 12.1. The molecule has 0 saturated carbocycles. The van der Waals surface area contributed by atoms with Crippen molar-refractivity contribution in [3.8, 4) is 17.2 Å². The van der Waals surface area contributed by atoms with Gasteiger partial charge in [-0.3, -0.25) is 18.8 Å². The highest BCUT2D eigenvalue weighted by Crippen LogP contribution is 2.47. The first-order valence-electron chi connectivity index (χ1n) is 43.4. The van der Waals surface area contributed by atoms with Gasteiger partial charge in [0.15, 0.2) is 18.8 Å². The second-order valence-electron chi connectivity index (χ2n) is 21.5. The minimum atomic E-state index is -4.66. The summed E-state index contributed by atoms with van der Waals surface area (Å²) in [6.07, 6.45) is 34.5. The molecule has 0 fully saturated rings. The Balaban J connectivity index is -0.0000000639. The number of ether oxygens (including phenoxy) is 3. The van der Waals surface area contributed by atoms with E-state index in [-0.39, 0.29) is 39.6 Å². The maximum absolute atomic E-state index is 11.5. The summed E-state index contributed by atoms with van der Waals surface area (Å²) in [5.74, 6) is 2.16. The fraction of sp³-hybridized carbons (Fsp3) is 0.365. The number of aryl methyl sites for hydroxylation is 3. The fourth-order valence-corrected chi connectivity index (χ4v) is 8.27. The zero-order valence-corrected chi connectivity index (χ0v) is 93.3. The van der Waals surface area contributed by atoms with Gasteiger partial charge in [-0.15, -0.1) is 292 Å². The zero-order chi connectivity index (χ0) is 117. The van der Waals surface area contributed by atoms with Gasteiger partial charge in [0.2, 0.25) is 0 Å². The van der Waals surface area contributed by atoms with Crippen LogP contribution >= 0.6 is 30.9 Å². The molecule has 144 heavy (non-hydrogen) atoms. The molecule has 3 aromatic carbocycles. The monoisotopic (exact) mass is 2180 g/mol. The van der Waals surface area contributed by atoms with Crippen molar-refractivity contribution in [2.24, 2.45) is 0 Å². The van der Waals surface area contributed by atoms with Gasteiger partial charge in [0.1, 0.15) is 82.4 Å². The molecule has 0 saturated heterocycles. The van der Waals surface area contributed by atoms with Crippen LogP contribution in [0.15, 0.2) is 387 Å². The Hall–Kier alpha value is -10.2. The minimum absolute atomic E-state index is 0.0218. The Bertz CT molecular complexity index is 2750. The first-order valence-corrected chi connectivity index (χ1v) is 52.2. The van der Waals surface area contributed by atoms with E-state index in [0.29, 0.717) is 24.5 Å². The van der Waals surface area contributed by atoms with Gasteiger partial charge in [0.25, 0.3) is 0 Å². The number of phosphoric acid groups is 2. The summed E-state index contributed by atoms with van der Waals surface area (Å²) in [7, 11) is -6.05. The lowest BCUT2D eigenvalue weighted by atomic mass is 10.0. The molecule has 0 aliphatic rings. The molecule has 0 radical (unpaired) electrons. The average molecular weight is 2190 g/mol. The Morgan fingerprint density at radius 2 is 0.444 bits per heavy atom. The van der Waals surface area contributed by atoms with Crippen LogP contribution in [0, 0.1) is 0 Å². The summed E-state index contributed by atoms with van der Waals surface area (Å²) in [6.45, 7) is 139. The zero-order valence-electron chi connectivity index (χ0n) is 88.9. The molecule has 3 aromatic rings. The Morgan fingerprint density at radius 1 is 0.264 bits per heavy atom. The van der Waals surface area contributed by atoms with Gasteiger partial charge < -0.3 is 43.0 Å². The third kappa shape index (κ3) is 213. The topological polar surface area (TPSA) is 381 Å². The molecule has 0 aliphatic heterocycles. The van der Waals surface area contributed by atoms with Crippen molar-refractivity contribution in [2.45, 2.75) is 195 Å². The second kappa shape index (κ2) is 210. The smallest absolute Gasteiger partial charge is 0.512 e. The van der Waals surface area contributed by atoms with Crippen LogP contribution in [-0.2, 0) is 167 Å². The van der Waals surface area contributed by atoms with Crippen LogP contribution in [0.4, 0.5) is 0 Å². The first-order chi connectivity index (χ1) is 70.5. The van der Waals surface area contributed by atoms with Crippen molar-refractivity contribution in [1.82, 2.24) is 0 Å². The molecule has 0 atom stereocenters. The van der Waals surface area contributed by atoms with E-state index in [1.807, 2.05) is 48.5 Å². The number of hydrogen-bond donors (Lipinski definition) is 3. The van der Waals surface area contributed by atoms with Gasteiger partial charge in [-0.2, -0.15) is 0 Å². The first kappa shape index (κ1) is 189. The number of hydrogen-bond acceptors (Lipinski definition) is 34. The van der Waals surface area contributed by atoms with Crippen molar-refractivity contribution < 1.29 is 176 Å². The number of aliphatic hydroxyl groups is 1. The predicted molar refractivity (Wildman–Crippen MR) is 596 cm³/mol. The standard InChI is InChI=1S/C21H35O13P.C19H31O13P.C19H30O10.C3H9BrSi.21C2H4/c1-4-5-6-7-8-9-10-11-20-12-14-21(15-13-20)25-16-17-26-29-31-33-34-32-30-27-18-19-28-35(22,23-2)24-3;1-2-3-4-5-6-7-8-9-18-10-12-19(13-11-18)23-14-15-24-27-29-31-32-30-28-25-16-17-26-33(20,21)22;1-2-3-4-5-6-7-8-9-18-10-12-19(13-11-18)21-16-17-23-25-27-29-28-26-24-22-15-14-20;1-5(2,3)4;21*1-2/h12-15,18-19H,4-11,16-17H2,1-3H3;10-13,16-17H,2-9,14-15H2,1H3,(H2,20,21,22);10-15,20H,2-9,16-17H2,1H3;1-3H3;21*1-2H2/b19-18+;17-16+;15-14+;;;;;;;;;;;;;;;;;;;;;;. The van der Waals surface area contributed by atoms with Gasteiger partial charge >= 0.3 is 15.6 Å². The van der Waals surface area contributed by atoms with Crippen molar-refractivity contribution in [1.29, 1.82) is 0 Å². The summed E-state index contributed by atoms with van der Waals surface area (Å²) >= 11 is 3.51. The van der Waals surface area contributed by atoms with E-state index < -0.39 is 22.3 Å². The molecule has 0 heterocycles. The minimum Gasteiger partial charge on any atom is -0.512 e. The van der Waals surface area contributed by atoms with Crippen LogP contribution in [0.25, 0.3) is 0 Å². The molecule has 40 heteroatoms. The molecule has 0 spiro atoms. The lowest BCUT2D eigenvalue weighted by molar-refractivity contribution is -0.811. The lowest BCUT2D eigenvalue weighted by Crippen LogP contribution is -2.08. The van der Waals surface area contributed by atoms with E-state index in [0.717, 1.165) is 63.8 Å². The van der Waals surface area contributed by atoms with Crippen LogP contribution in [0.5, 0.6) is 17.2 Å². The summed E-state index contributed by atoms with van der Waals surface area (Å²) < 4.78 is 55.7. The van der Waals surface area contributed by atoms with E-state index in [1.54, 1.807) is 0 Å². The van der Waals surface area contributed by atoms with Crippen molar-refractivity contribution in [3.05, 3.63) is 403 Å². The molecule has 0 aliphatic carbocycles. The number of rotatable bonds is 66. The molecular weight excluding hydrogens is 2000 g/mol. The maximum Gasteiger partial charge on any atom is 0.529 e. The molecule has 3 rings (SSSR count). The molecule has 3 N–H and O–H groups in total. The summed E-state index contributed by atoms with van der Waals surface area (Å²) in [5, 5.41) is 78.7. The number of halogens is 1. The Labute approximate surface area is 878 Å². The predicted octanol–water partition coefficient (Wildman–Crippen LogP) is 34.2. The second-order valence-corrected chi connectivity index (χ2v) is 35.8. The van der Waals surface area contributed by atoms with Crippen LogP contribution in [-0.4, -0.2) is 75.4 Å². The van der Waals surface area contributed by atoms with Gasteiger partial charge in [-0.05, 0) is 137 Å². The largest absolute Gasteiger partial charge is 0.529 e. The van der Waals surface area contributed by atoms with Crippen LogP contribution in [0.1, 0.15) is 172 Å². The molecule has 0 amide bonds. The van der Waals surface area contributed by atoms with Gasteiger partial charge in [-0.1, -0.05) is 192 Å². The van der Waals surface area contributed by atoms with E-state index in [4.69, 9.17) is 29.1 Å². The normalized spacial score (nSPS) is 8.80. The summed E-state index contributed by atoms with van der Waals surface area (Å²) in [4.78, 5) is 42.8. The van der Waals surface area contributed by atoms with E-state index in [2.05, 4.69) is 494 Å². The highest BCUT2D eigenvalue weighted by atomic mass is 79.9. The van der Waals surface area contributed by atoms with Gasteiger partial charge in [0, 0.05) is 59.6 Å². The average Bonchev–Trinajstić information content (AvgIpc) is 0.820. The lowest BCUT2D eigenvalue weighted by Gasteiger charge is -2.09. The third-order valence-corrected chi connectivity index (χ3v) is 13.8. The molecule has 36 nitrogen and oxygen atoms in total. The van der Waals surface area contributed by atoms with Crippen LogP contribution < -0.4 is 14.2 Å². The summed E-state index contributed by atoms with van der Waals surface area (Å²) in [6, 6.07) is 23.8. The Morgan fingerprint density at radius 3 is 0.639 bits per heavy atom. The molecule has 0 bridgehead atoms. The SMILES string of the molecule is C=C.C=C.C=C.C=C.C=C.C=C.C=C.C=C.C=C.C=C.C=C.C=C.C=C.C=C.C=C.C=C.C=C.C=C.C=C.C=C.C=C.CCCCCCCCCc1ccc(OCCOOOOOOOO/C=C/O)cc1.CCCCCCCCCc1ccc(OCCOOOOOOOO/C=C/OP(=O)(O)O)cc1.CCCCCCCCCc1ccc(OCCOOOOOOOO/C=C/OP(=O)(OC)OC)cc1.C[Si](C)(C)Br. The number of unbranched alkanes of at least 4 members (excludes halogenated alkanes) is 18. The fourth-order valence-electron chi connectivity index (χ4n) is 7.54. The quantitative estimate of drug-likeness (QED) is 0.00690. The van der Waals surface area contributed by atoms with Crippen molar-refractivity contribution >= 4 is 37.6 Å². The van der Waals surface area contributed by atoms with Crippen LogP contribution in [0.3, 0.4) is 0 Å². The van der Waals surface area contributed by atoms with E-state index >= 15 is 0 Å². The Kier molecular flexibility index (Phi) is 275. The van der Waals surface area contributed by atoms with Crippen molar-refractivity contribution in [3.63, 3.8) is 0 Å². The van der Waals surface area contributed by atoms with E-state index in [1.165, 1.54) is 152 Å². The highest BCUT2D eigenvalue weighted by Gasteiger charge is 2.22. The summed E-state index contributed by atoms with van der Waals surface area (Å²) in [5.41, 5.74) is 3.88. The number of benzene rings is 3. The molecule has 0 unspecified atom stereocenters. The van der Waals surface area contributed by atoms with Crippen LogP contribution in [0.2, 0.25) is 19.6 Å².